The third kappa shape index (κ3) is 3.68. The number of anilines is 1. The molecule has 0 aliphatic heterocycles. The molecular weight excluding hydrogens is 397 g/mol. The van der Waals surface area contributed by atoms with E-state index in [0.717, 1.165) is 18.4 Å². The summed E-state index contributed by atoms with van der Waals surface area (Å²) in [5, 5.41) is 0.355. The van der Waals surface area contributed by atoms with Gasteiger partial charge in [-0.05, 0) is 55.7 Å². The van der Waals surface area contributed by atoms with Crippen molar-refractivity contribution in [2.24, 2.45) is 0 Å². The van der Waals surface area contributed by atoms with E-state index in [1.165, 1.54) is 18.2 Å². The van der Waals surface area contributed by atoms with Crippen LogP contribution in [-0.4, -0.2) is 21.0 Å². The maximum atomic E-state index is 12.5. The Labute approximate surface area is 162 Å². The molecular formula is C18H17Cl2NO4S. The van der Waals surface area contributed by atoms with Crippen LogP contribution >= 0.6 is 23.2 Å². The minimum atomic E-state index is -3.88. The summed E-state index contributed by atoms with van der Waals surface area (Å²) in [6.07, 6.45) is 1.46. The first-order valence-electron chi connectivity index (χ1n) is 8.04. The quantitative estimate of drug-likeness (QED) is 0.712. The predicted octanol–water partition coefficient (Wildman–Crippen LogP) is 4.39. The number of sulfonamides is 1. The van der Waals surface area contributed by atoms with Gasteiger partial charge in [0, 0.05) is 10.7 Å². The number of carbonyl (C=O) groups excluding carboxylic acids is 1. The lowest BCUT2D eigenvalue weighted by Crippen LogP contribution is -2.23. The fourth-order valence-electron chi connectivity index (χ4n) is 2.76. The standard InChI is InChI=1S/C18H17Cl2NO4S/c1-2-25-17(22)18(9-10-18)12-3-6-14(7-4-12)21-26(23,24)16-11-13(19)5-8-15(16)20/h3-8,11,21H,2,9-10H2,1H3. The SMILES string of the molecule is CCOC(=O)C1(c2ccc(NS(=O)(=O)c3cc(Cl)ccc3Cl)cc2)CC1. The topological polar surface area (TPSA) is 72.5 Å². The van der Waals surface area contributed by atoms with E-state index in [4.69, 9.17) is 27.9 Å². The van der Waals surface area contributed by atoms with Gasteiger partial charge in [-0.3, -0.25) is 9.52 Å². The number of rotatable bonds is 6. The van der Waals surface area contributed by atoms with Crippen molar-refractivity contribution in [1.29, 1.82) is 0 Å². The summed E-state index contributed by atoms with van der Waals surface area (Å²) in [4.78, 5) is 12.0. The lowest BCUT2D eigenvalue weighted by molar-refractivity contribution is -0.146. The monoisotopic (exact) mass is 413 g/mol. The summed E-state index contributed by atoms with van der Waals surface area (Å²) in [5.74, 6) is -0.237. The Balaban J connectivity index is 1.82. The number of esters is 1. The van der Waals surface area contributed by atoms with Crippen molar-refractivity contribution in [3.8, 4) is 0 Å². The van der Waals surface area contributed by atoms with Crippen molar-refractivity contribution in [1.82, 2.24) is 0 Å². The molecule has 2 aromatic carbocycles. The summed E-state index contributed by atoms with van der Waals surface area (Å²) in [5.41, 5.74) is 0.591. The van der Waals surface area contributed by atoms with Gasteiger partial charge in [-0.15, -0.1) is 0 Å². The van der Waals surface area contributed by atoms with E-state index in [2.05, 4.69) is 4.72 Å². The molecule has 0 spiro atoms. The molecule has 1 N–H and O–H groups in total. The summed E-state index contributed by atoms with van der Waals surface area (Å²) in [6.45, 7) is 2.10. The maximum Gasteiger partial charge on any atom is 0.316 e. The van der Waals surface area contributed by atoms with Crippen molar-refractivity contribution in [2.45, 2.75) is 30.1 Å². The maximum absolute atomic E-state index is 12.5. The van der Waals surface area contributed by atoms with E-state index < -0.39 is 15.4 Å². The van der Waals surface area contributed by atoms with Crippen LogP contribution in [0.3, 0.4) is 0 Å². The fourth-order valence-corrected chi connectivity index (χ4v) is 4.58. The number of ether oxygens (including phenoxy) is 1. The zero-order valence-electron chi connectivity index (χ0n) is 14.0. The number of carbonyl (C=O) groups is 1. The third-order valence-corrected chi connectivity index (χ3v) is 6.39. The van der Waals surface area contributed by atoms with Crippen molar-refractivity contribution < 1.29 is 17.9 Å². The highest BCUT2D eigenvalue weighted by atomic mass is 35.5. The molecule has 3 rings (SSSR count). The molecule has 1 aliphatic rings. The molecule has 0 bridgehead atoms. The van der Waals surface area contributed by atoms with Gasteiger partial charge in [-0.2, -0.15) is 0 Å². The van der Waals surface area contributed by atoms with Gasteiger partial charge in [-0.1, -0.05) is 35.3 Å². The average Bonchev–Trinajstić information content (AvgIpc) is 3.39. The van der Waals surface area contributed by atoms with Gasteiger partial charge in [0.2, 0.25) is 0 Å². The summed E-state index contributed by atoms with van der Waals surface area (Å²) >= 11 is 11.8. The predicted molar refractivity (Wildman–Crippen MR) is 101 cm³/mol. The molecule has 0 heterocycles. The second kappa shape index (κ2) is 7.10. The Morgan fingerprint density at radius 1 is 1.15 bits per heavy atom. The molecule has 0 aromatic heterocycles. The number of halogens is 2. The number of hydrogen-bond donors (Lipinski definition) is 1. The number of nitrogens with one attached hydrogen (secondary N) is 1. The van der Waals surface area contributed by atoms with E-state index in [0.29, 0.717) is 12.3 Å². The normalized spacial score (nSPS) is 15.3. The zero-order chi connectivity index (χ0) is 18.9. The van der Waals surface area contributed by atoms with Crippen LogP contribution in [0.1, 0.15) is 25.3 Å². The first-order valence-corrected chi connectivity index (χ1v) is 10.3. The molecule has 5 nitrogen and oxygen atoms in total. The summed E-state index contributed by atoms with van der Waals surface area (Å²) < 4.78 is 32.7. The molecule has 1 saturated carbocycles. The lowest BCUT2D eigenvalue weighted by Gasteiger charge is -2.15. The molecule has 26 heavy (non-hydrogen) atoms. The van der Waals surface area contributed by atoms with Crippen LogP contribution in [0, 0.1) is 0 Å². The number of hydrogen-bond acceptors (Lipinski definition) is 4. The largest absolute Gasteiger partial charge is 0.465 e. The minimum Gasteiger partial charge on any atom is -0.465 e. The Morgan fingerprint density at radius 3 is 2.38 bits per heavy atom. The summed E-state index contributed by atoms with van der Waals surface area (Å²) in [6, 6.07) is 10.9. The Morgan fingerprint density at radius 2 is 1.81 bits per heavy atom. The van der Waals surface area contributed by atoms with Crippen molar-refractivity contribution in [2.75, 3.05) is 11.3 Å². The Hall–Kier alpha value is -1.76. The lowest BCUT2D eigenvalue weighted by atomic mass is 9.96. The Bertz CT molecular complexity index is 938. The molecule has 0 saturated heterocycles. The van der Waals surface area contributed by atoms with Crippen LogP contribution in [0.2, 0.25) is 10.0 Å². The molecule has 8 heteroatoms. The van der Waals surface area contributed by atoms with Gasteiger partial charge in [0.25, 0.3) is 10.0 Å². The van der Waals surface area contributed by atoms with E-state index >= 15 is 0 Å². The highest BCUT2D eigenvalue weighted by molar-refractivity contribution is 7.92. The van der Waals surface area contributed by atoms with E-state index in [1.54, 1.807) is 31.2 Å². The van der Waals surface area contributed by atoms with Gasteiger partial charge >= 0.3 is 5.97 Å². The zero-order valence-corrected chi connectivity index (χ0v) is 16.3. The van der Waals surface area contributed by atoms with Crippen molar-refractivity contribution in [3.63, 3.8) is 0 Å². The first-order chi connectivity index (χ1) is 12.3. The van der Waals surface area contributed by atoms with E-state index in [1.807, 2.05) is 0 Å². The molecule has 138 valence electrons. The van der Waals surface area contributed by atoms with Crippen LogP contribution < -0.4 is 4.72 Å². The first kappa shape index (κ1) is 19.0. The fraction of sp³-hybridized carbons (Fsp3) is 0.278. The van der Waals surface area contributed by atoms with Gasteiger partial charge in [0.15, 0.2) is 0 Å². The number of benzene rings is 2. The van der Waals surface area contributed by atoms with Crippen LogP contribution in [0.15, 0.2) is 47.4 Å². The van der Waals surface area contributed by atoms with Gasteiger partial charge < -0.3 is 4.74 Å². The van der Waals surface area contributed by atoms with Crippen molar-refractivity contribution in [3.05, 3.63) is 58.1 Å². The van der Waals surface area contributed by atoms with E-state index in [9.17, 15) is 13.2 Å². The second-order valence-corrected chi connectivity index (χ2v) is 8.55. The van der Waals surface area contributed by atoms with Gasteiger partial charge in [0.1, 0.15) is 4.90 Å². The van der Waals surface area contributed by atoms with Crippen LogP contribution in [-0.2, 0) is 25.0 Å². The highest BCUT2D eigenvalue weighted by Gasteiger charge is 2.52. The minimum absolute atomic E-state index is 0.0813. The molecule has 2 aromatic rings. The summed E-state index contributed by atoms with van der Waals surface area (Å²) in [7, 11) is -3.88. The second-order valence-electron chi connectivity index (χ2n) is 6.06. The molecule has 1 aliphatic carbocycles. The smallest absolute Gasteiger partial charge is 0.316 e. The van der Waals surface area contributed by atoms with Crippen molar-refractivity contribution >= 4 is 44.9 Å². The molecule has 0 atom stereocenters. The highest BCUT2D eigenvalue weighted by Crippen LogP contribution is 2.49. The van der Waals surface area contributed by atoms with Gasteiger partial charge in [-0.25, -0.2) is 8.42 Å². The van der Waals surface area contributed by atoms with Gasteiger partial charge in [0.05, 0.1) is 17.0 Å². The molecule has 1 fully saturated rings. The third-order valence-electron chi connectivity index (χ3n) is 4.29. The molecule has 0 amide bonds. The molecule has 0 unspecified atom stereocenters. The van der Waals surface area contributed by atoms with Crippen LogP contribution in [0.4, 0.5) is 5.69 Å². The van der Waals surface area contributed by atoms with E-state index in [-0.39, 0.29) is 20.9 Å². The van der Waals surface area contributed by atoms with Crippen LogP contribution in [0.25, 0.3) is 0 Å². The van der Waals surface area contributed by atoms with Crippen LogP contribution in [0.5, 0.6) is 0 Å². The average molecular weight is 414 g/mol. The molecule has 0 radical (unpaired) electrons. The Kier molecular flexibility index (Phi) is 5.19.